The minimum absolute atomic E-state index is 0.142. The number of carbonyl (C=O) groups is 2. The number of hydrogen-bond donors (Lipinski definition) is 1. The molecule has 0 radical (unpaired) electrons. The first-order valence-corrected chi connectivity index (χ1v) is 8.79. The molecule has 0 unspecified atom stereocenters. The third-order valence-corrected chi connectivity index (χ3v) is 4.36. The molecule has 0 atom stereocenters. The van der Waals surface area contributed by atoms with E-state index in [0.717, 1.165) is 5.56 Å². The summed E-state index contributed by atoms with van der Waals surface area (Å²) in [5, 5.41) is 3.43. The van der Waals surface area contributed by atoms with Crippen LogP contribution in [0.3, 0.4) is 0 Å². The maximum absolute atomic E-state index is 13.7. The monoisotopic (exact) mass is 376 g/mol. The van der Waals surface area contributed by atoms with Crippen LogP contribution < -0.4 is 5.32 Å². The van der Waals surface area contributed by atoms with E-state index in [1.54, 1.807) is 41.3 Å². The highest BCUT2D eigenvalue weighted by Crippen LogP contribution is 2.19. The minimum atomic E-state index is -0.285. The van der Waals surface area contributed by atoms with Crippen molar-refractivity contribution in [3.8, 4) is 0 Å². The van der Waals surface area contributed by atoms with E-state index in [9.17, 15) is 14.0 Å². The van der Waals surface area contributed by atoms with Gasteiger partial charge in [0.25, 0.3) is 0 Å². The topological polar surface area (TPSA) is 49.4 Å². The van der Waals surface area contributed by atoms with Crippen LogP contribution >= 0.6 is 11.6 Å². The highest BCUT2D eigenvalue weighted by Gasteiger charge is 2.13. The molecule has 0 spiro atoms. The molecule has 0 aromatic heterocycles. The van der Waals surface area contributed by atoms with Gasteiger partial charge in [0, 0.05) is 37.1 Å². The number of nitrogens with zero attached hydrogens (tertiary/aromatic N) is 1. The lowest BCUT2D eigenvalue weighted by molar-refractivity contribution is -0.129. The number of halogens is 2. The Balaban J connectivity index is 1.88. The molecule has 1 N–H and O–H groups in total. The molecule has 26 heavy (non-hydrogen) atoms. The van der Waals surface area contributed by atoms with Crippen LogP contribution in [0.2, 0.25) is 5.02 Å². The van der Waals surface area contributed by atoms with Gasteiger partial charge in [-0.3, -0.25) is 9.59 Å². The fourth-order valence-corrected chi connectivity index (χ4v) is 2.83. The van der Waals surface area contributed by atoms with Gasteiger partial charge in [0.15, 0.2) is 0 Å². The predicted molar refractivity (Wildman–Crippen MR) is 102 cm³/mol. The third kappa shape index (κ3) is 5.85. The van der Waals surface area contributed by atoms with Crippen molar-refractivity contribution in [2.24, 2.45) is 0 Å². The summed E-state index contributed by atoms with van der Waals surface area (Å²) in [6.45, 7) is 3.95. The molecule has 2 aromatic rings. The van der Waals surface area contributed by atoms with Crippen LogP contribution in [0, 0.1) is 12.7 Å². The zero-order valence-corrected chi connectivity index (χ0v) is 15.6. The van der Waals surface area contributed by atoms with Crippen molar-refractivity contribution in [1.29, 1.82) is 0 Å². The molecule has 6 heteroatoms. The Morgan fingerprint density at radius 1 is 1.15 bits per heavy atom. The molecule has 138 valence electrons. The molecular weight excluding hydrogens is 355 g/mol. The molecule has 0 saturated carbocycles. The Labute approximate surface area is 158 Å². The van der Waals surface area contributed by atoms with Gasteiger partial charge in [-0.2, -0.15) is 0 Å². The van der Waals surface area contributed by atoms with Crippen molar-refractivity contribution in [3.05, 3.63) is 64.4 Å². The first-order chi connectivity index (χ1) is 12.4. The van der Waals surface area contributed by atoms with Crippen molar-refractivity contribution >= 4 is 29.1 Å². The molecule has 0 aliphatic carbocycles. The molecule has 0 bridgehead atoms. The molecule has 0 heterocycles. The largest absolute Gasteiger partial charge is 0.342 e. The number of aryl methyl sites for hydroxylation is 1. The quantitative estimate of drug-likeness (QED) is 0.787. The van der Waals surface area contributed by atoms with E-state index in [-0.39, 0.29) is 30.6 Å². The van der Waals surface area contributed by atoms with Crippen LogP contribution in [0.15, 0.2) is 42.5 Å². The molecule has 2 rings (SSSR count). The van der Waals surface area contributed by atoms with Crippen LogP contribution in [0.5, 0.6) is 0 Å². The lowest BCUT2D eigenvalue weighted by atomic mass is 10.1. The number of carbonyl (C=O) groups excluding carboxylic acids is 2. The van der Waals surface area contributed by atoms with Crippen LogP contribution in [0.1, 0.15) is 24.5 Å². The van der Waals surface area contributed by atoms with Gasteiger partial charge >= 0.3 is 0 Å². The molecule has 0 aliphatic heterocycles. The van der Waals surface area contributed by atoms with Gasteiger partial charge in [0.05, 0.1) is 0 Å². The third-order valence-electron chi connectivity index (χ3n) is 4.13. The van der Waals surface area contributed by atoms with Crippen molar-refractivity contribution in [2.75, 3.05) is 18.4 Å². The second-order valence-electron chi connectivity index (χ2n) is 6.10. The van der Waals surface area contributed by atoms with Gasteiger partial charge in [-0.15, -0.1) is 0 Å². The Hall–Kier alpha value is -2.40. The molecule has 0 fully saturated rings. The zero-order valence-electron chi connectivity index (χ0n) is 14.9. The van der Waals surface area contributed by atoms with E-state index in [4.69, 9.17) is 11.6 Å². The van der Waals surface area contributed by atoms with Crippen LogP contribution in [0.25, 0.3) is 0 Å². The molecule has 2 amide bonds. The predicted octanol–water partition coefficient (Wildman–Crippen LogP) is 4.21. The number of nitrogens with one attached hydrogen (secondary N) is 1. The average molecular weight is 377 g/mol. The Bertz CT molecular complexity index is 795. The van der Waals surface area contributed by atoms with Gasteiger partial charge in [0.2, 0.25) is 11.8 Å². The van der Waals surface area contributed by atoms with E-state index in [0.29, 0.717) is 29.2 Å². The van der Waals surface area contributed by atoms with Crippen LogP contribution in [-0.4, -0.2) is 29.8 Å². The van der Waals surface area contributed by atoms with E-state index < -0.39 is 0 Å². The normalized spacial score (nSPS) is 10.5. The number of benzene rings is 2. The van der Waals surface area contributed by atoms with Gasteiger partial charge < -0.3 is 10.2 Å². The second kappa shape index (κ2) is 9.34. The summed E-state index contributed by atoms with van der Waals surface area (Å²) in [6, 6.07) is 11.7. The lowest BCUT2D eigenvalue weighted by Crippen LogP contribution is -2.34. The summed E-state index contributed by atoms with van der Waals surface area (Å²) in [5.74, 6) is -0.615. The average Bonchev–Trinajstić information content (AvgIpc) is 2.58. The zero-order chi connectivity index (χ0) is 19.1. The van der Waals surface area contributed by atoms with E-state index >= 15 is 0 Å². The molecule has 0 aliphatic rings. The van der Waals surface area contributed by atoms with E-state index in [1.807, 2.05) is 6.92 Å². The molecule has 4 nitrogen and oxygen atoms in total. The number of amides is 2. The Kier molecular flexibility index (Phi) is 7.16. The first-order valence-electron chi connectivity index (χ1n) is 8.41. The molecule has 0 saturated heterocycles. The van der Waals surface area contributed by atoms with Crippen molar-refractivity contribution in [1.82, 2.24) is 4.90 Å². The fraction of sp³-hybridized carbons (Fsp3) is 0.300. The highest BCUT2D eigenvalue weighted by molar-refractivity contribution is 6.30. The van der Waals surface area contributed by atoms with Crippen LogP contribution in [0.4, 0.5) is 10.1 Å². The summed E-state index contributed by atoms with van der Waals surface area (Å²) in [5.41, 5.74) is 2.12. The Morgan fingerprint density at radius 3 is 2.54 bits per heavy atom. The van der Waals surface area contributed by atoms with Gasteiger partial charge in [0.1, 0.15) is 5.82 Å². The van der Waals surface area contributed by atoms with E-state index in [1.165, 1.54) is 13.0 Å². The van der Waals surface area contributed by atoms with Crippen molar-refractivity contribution in [2.45, 2.75) is 26.7 Å². The van der Waals surface area contributed by atoms with Gasteiger partial charge in [-0.25, -0.2) is 4.39 Å². The SMILES string of the molecule is CC(=O)N(CCC(=O)Nc1ccc(Cl)cc1C)CCc1ccccc1F. The summed E-state index contributed by atoms with van der Waals surface area (Å²) < 4.78 is 13.7. The minimum Gasteiger partial charge on any atom is -0.342 e. The first kappa shape index (κ1) is 19.9. The van der Waals surface area contributed by atoms with Gasteiger partial charge in [-0.05, 0) is 48.7 Å². The van der Waals surface area contributed by atoms with Crippen LogP contribution in [-0.2, 0) is 16.0 Å². The summed E-state index contributed by atoms with van der Waals surface area (Å²) in [4.78, 5) is 25.5. The summed E-state index contributed by atoms with van der Waals surface area (Å²) in [7, 11) is 0. The maximum Gasteiger partial charge on any atom is 0.226 e. The van der Waals surface area contributed by atoms with Gasteiger partial charge in [-0.1, -0.05) is 29.8 Å². The molecular formula is C20H22ClFN2O2. The number of hydrogen-bond acceptors (Lipinski definition) is 2. The van der Waals surface area contributed by atoms with Crippen molar-refractivity contribution < 1.29 is 14.0 Å². The summed E-state index contributed by atoms with van der Waals surface area (Å²) >= 11 is 5.90. The van der Waals surface area contributed by atoms with E-state index in [2.05, 4.69) is 5.32 Å². The highest BCUT2D eigenvalue weighted by atomic mass is 35.5. The fourth-order valence-electron chi connectivity index (χ4n) is 2.60. The maximum atomic E-state index is 13.7. The number of anilines is 1. The summed E-state index contributed by atoms with van der Waals surface area (Å²) in [6.07, 6.45) is 0.573. The van der Waals surface area contributed by atoms with Crippen molar-refractivity contribution in [3.63, 3.8) is 0 Å². The second-order valence-corrected chi connectivity index (χ2v) is 6.54. The Morgan fingerprint density at radius 2 is 1.88 bits per heavy atom. The number of rotatable bonds is 7. The standard InChI is InChI=1S/C20H22ClFN2O2/c1-14-13-17(21)7-8-19(14)23-20(26)10-12-24(15(2)25)11-9-16-5-3-4-6-18(16)22/h3-8,13H,9-12H2,1-2H3,(H,23,26). The smallest absolute Gasteiger partial charge is 0.226 e. The molecule has 2 aromatic carbocycles. The lowest BCUT2D eigenvalue weighted by Gasteiger charge is -2.21.